The van der Waals surface area contributed by atoms with Crippen molar-refractivity contribution >= 4 is 11.9 Å². The first kappa shape index (κ1) is 17.6. The quantitative estimate of drug-likeness (QED) is 0.863. The number of fused-ring (bicyclic) bond motifs is 1. The highest BCUT2D eigenvalue weighted by Gasteiger charge is 2.63. The van der Waals surface area contributed by atoms with E-state index >= 15 is 0 Å². The Morgan fingerprint density at radius 1 is 1.32 bits per heavy atom. The highest BCUT2D eigenvalue weighted by atomic mass is 16.5. The van der Waals surface area contributed by atoms with E-state index in [-0.39, 0.29) is 17.6 Å². The molecule has 2 aromatic rings. The average molecular weight is 378 g/mol. The molecule has 6 nitrogen and oxygen atoms in total. The fourth-order valence-corrected chi connectivity index (χ4v) is 5.28. The van der Waals surface area contributed by atoms with Crippen LogP contribution in [-0.4, -0.2) is 47.2 Å². The van der Waals surface area contributed by atoms with E-state index in [0.717, 1.165) is 43.1 Å². The Labute approximate surface area is 165 Å². The number of hydrogen-bond acceptors (Lipinski definition) is 5. The summed E-state index contributed by atoms with van der Waals surface area (Å²) in [5.41, 5.74) is 1.94. The molecule has 5 rings (SSSR count). The summed E-state index contributed by atoms with van der Waals surface area (Å²) in [7, 11) is 0. The molecule has 6 heteroatoms. The molecule has 3 aliphatic rings. The Morgan fingerprint density at radius 2 is 2.18 bits per heavy atom. The lowest BCUT2D eigenvalue weighted by Gasteiger charge is -2.29. The Balaban J connectivity index is 1.25. The molecule has 1 spiro atoms. The molecule has 146 valence electrons. The van der Waals surface area contributed by atoms with Crippen LogP contribution in [0.15, 0.2) is 42.6 Å². The lowest BCUT2D eigenvalue weighted by atomic mass is 9.73. The van der Waals surface area contributed by atoms with Crippen LogP contribution in [0.2, 0.25) is 0 Å². The Kier molecular flexibility index (Phi) is 4.31. The van der Waals surface area contributed by atoms with Crippen LogP contribution in [0.3, 0.4) is 0 Å². The first-order chi connectivity index (χ1) is 13.6. The van der Waals surface area contributed by atoms with Crippen molar-refractivity contribution in [1.29, 1.82) is 0 Å². The number of amides is 1. The zero-order valence-electron chi connectivity index (χ0n) is 16.2. The first-order valence-electron chi connectivity index (χ1n) is 10.2. The number of hydrogen-bond donors (Lipinski definition) is 1. The zero-order chi connectivity index (χ0) is 19.1. The molecule has 2 bridgehead atoms. The molecule has 4 heterocycles. The molecule has 28 heavy (non-hydrogen) atoms. The van der Waals surface area contributed by atoms with Gasteiger partial charge in [0, 0.05) is 36.8 Å². The van der Waals surface area contributed by atoms with Crippen molar-refractivity contribution in [3.05, 3.63) is 53.9 Å². The van der Waals surface area contributed by atoms with E-state index in [0.29, 0.717) is 24.8 Å². The smallest absolute Gasteiger partial charge is 0.225 e. The van der Waals surface area contributed by atoms with Crippen molar-refractivity contribution in [3.63, 3.8) is 0 Å². The number of nitrogens with zero attached hydrogens (tertiary/aromatic N) is 3. The van der Waals surface area contributed by atoms with Crippen LogP contribution < -0.4 is 10.2 Å². The molecule has 3 aliphatic heterocycles. The minimum Gasteiger partial charge on any atom is -0.369 e. The number of aromatic nitrogens is 2. The largest absolute Gasteiger partial charge is 0.369 e. The molecule has 0 radical (unpaired) electrons. The predicted octanol–water partition coefficient (Wildman–Crippen LogP) is 2.13. The Morgan fingerprint density at radius 3 is 3.00 bits per heavy atom. The number of carbonyl (C=O) groups is 1. The standard InChI is InChI=1S/C22H26N4O2/c1-15-8-10-23-21(25-15)26-13-18-17(19-7-9-22(18,14-26)28-19)12-24-20(27)11-16-5-3-2-4-6-16/h2-6,8,10,17-19H,7,9,11-14H2,1H3,(H,24,27)/t17-,18+,19+,22+/m0/s1. The summed E-state index contributed by atoms with van der Waals surface area (Å²) in [6.07, 6.45) is 4.70. The van der Waals surface area contributed by atoms with E-state index < -0.39 is 0 Å². The molecular weight excluding hydrogens is 352 g/mol. The minimum absolute atomic E-state index is 0.0832. The van der Waals surface area contributed by atoms with Crippen LogP contribution in [0.25, 0.3) is 0 Å². The molecule has 0 saturated carbocycles. The summed E-state index contributed by atoms with van der Waals surface area (Å²) in [6, 6.07) is 11.8. The van der Waals surface area contributed by atoms with Gasteiger partial charge < -0.3 is 15.0 Å². The van der Waals surface area contributed by atoms with Gasteiger partial charge >= 0.3 is 0 Å². The third kappa shape index (κ3) is 3.05. The highest BCUT2D eigenvalue weighted by molar-refractivity contribution is 5.78. The maximum absolute atomic E-state index is 12.4. The van der Waals surface area contributed by atoms with Crippen LogP contribution in [0, 0.1) is 18.8 Å². The van der Waals surface area contributed by atoms with Gasteiger partial charge in [-0.3, -0.25) is 4.79 Å². The maximum atomic E-state index is 12.4. The molecule has 0 aliphatic carbocycles. The van der Waals surface area contributed by atoms with E-state index in [2.05, 4.69) is 20.2 Å². The molecular formula is C22H26N4O2. The van der Waals surface area contributed by atoms with Crippen LogP contribution in [0.4, 0.5) is 5.95 Å². The average Bonchev–Trinajstić information content (AvgIpc) is 3.36. The lowest BCUT2D eigenvalue weighted by Crippen LogP contribution is -2.42. The first-order valence-corrected chi connectivity index (χ1v) is 10.2. The molecule has 1 N–H and O–H groups in total. The van der Waals surface area contributed by atoms with E-state index in [4.69, 9.17) is 4.74 Å². The fraction of sp³-hybridized carbons (Fsp3) is 0.500. The molecule has 0 unspecified atom stereocenters. The van der Waals surface area contributed by atoms with E-state index in [1.165, 1.54) is 0 Å². The topological polar surface area (TPSA) is 67.4 Å². The summed E-state index contributed by atoms with van der Waals surface area (Å²) in [6.45, 7) is 4.43. The SMILES string of the molecule is Cc1ccnc(N2C[C@@H]3[C@H](CNC(=O)Cc4ccccc4)[C@H]4CC[C@]3(C2)O4)n1. The maximum Gasteiger partial charge on any atom is 0.225 e. The normalized spacial score (nSPS) is 30.5. The van der Waals surface area contributed by atoms with Gasteiger partial charge in [-0.2, -0.15) is 0 Å². The van der Waals surface area contributed by atoms with Crippen molar-refractivity contribution in [2.75, 3.05) is 24.5 Å². The number of ether oxygens (including phenoxy) is 1. The third-order valence-corrected chi connectivity index (χ3v) is 6.59. The molecule has 3 saturated heterocycles. The number of aryl methyl sites for hydroxylation is 1. The molecule has 1 amide bonds. The predicted molar refractivity (Wildman–Crippen MR) is 106 cm³/mol. The highest BCUT2D eigenvalue weighted by Crippen LogP contribution is 2.54. The minimum atomic E-state index is -0.0907. The summed E-state index contributed by atoms with van der Waals surface area (Å²) in [5.74, 6) is 1.67. The van der Waals surface area contributed by atoms with Crippen LogP contribution in [-0.2, 0) is 16.0 Å². The van der Waals surface area contributed by atoms with Gasteiger partial charge in [0.15, 0.2) is 0 Å². The summed E-state index contributed by atoms with van der Waals surface area (Å²) >= 11 is 0. The second-order valence-electron chi connectivity index (χ2n) is 8.38. The van der Waals surface area contributed by atoms with E-state index in [1.54, 1.807) is 0 Å². The lowest BCUT2D eigenvalue weighted by molar-refractivity contribution is -0.120. The van der Waals surface area contributed by atoms with Gasteiger partial charge in [-0.25, -0.2) is 9.97 Å². The van der Waals surface area contributed by atoms with Gasteiger partial charge in [0.05, 0.1) is 24.7 Å². The Bertz CT molecular complexity index is 874. The third-order valence-electron chi connectivity index (χ3n) is 6.59. The molecule has 3 fully saturated rings. The monoisotopic (exact) mass is 378 g/mol. The number of rotatable bonds is 5. The Hall–Kier alpha value is -2.47. The molecule has 1 aromatic heterocycles. The van der Waals surface area contributed by atoms with Crippen LogP contribution >= 0.6 is 0 Å². The number of carbonyl (C=O) groups excluding carboxylic acids is 1. The van der Waals surface area contributed by atoms with Crippen LogP contribution in [0.1, 0.15) is 24.1 Å². The molecule has 1 aromatic carbocycles. The summed E-state index contributed by atoms with van der Waals surface area (Å²) in [4.78, 5) is 23.7. The second-order valence-corrected chi connectivity index (χ2v) is 8.38. The van der Waals surface area contributed by atoms with Gasteiger partial charge in [0.25, 0.3) is 0 Å². The van der Waals surface area contributed by atoms with Crippen molar-refractivity contribution in [1.82, 2.24) is 15.3 Å². The molecule has 4 atom stereocenters. The van der Waals surface area contributed by atoms with Crippen LogP contribution in [0.5, 0.6) is 0 Å². The zero-order valence-corrected chi connectivity index (χ0v) is 16.2. The second kappa shape index (κ2) is 6.85. The number of anilines is 1. The van der Waals surface area contributed by atoms with Crippen molar-refractivity contribution in [2.45, 2.75) is 37.9 Å². The van der Waals surface area contributed by atoms with Gasteiger partial charge in [-0.1, -0.05) is 30.3 Å². The van der Waals surface area contributed by atoms with Gasteiger partial charge in [-0.15, -0.1) is 0 Å². The fourth-order valence-electron chi connectivity index (χ4n) is 5.28. The van der Waals surface area contributed by atoms with E-state index in [1.807, 2.05) is 49.5 Å². The number of benzene rings is 1. The summed E-state index contributed by atoms with van der Waals surface area (Å²) < 4.78 is 6.48. The van der Waals surface area contributed by atoms with Gasteiger partial charge in [0.1, 0.15) is 0 Å². The number of nitrogens with one attached hydrogen (secondary N) is 1. The van der Waals surface area contributed by atoms with Crippen molar-refractivity contribution in [2.24, 2.45) is 11.8 Å². The van der Waals surface area contributed by atoms with Gasteiger partial charge in [0.2, 0.25) is 11.9 Å². The van der Waals surface area contributed by atoms with Crippen molar-refractivity contribution < 1.29 is 9.53 Å². The van der Waals surface area contributed by atoms with E-state index in [9.17, 15) is 4.79 Å². The summed E-state index contributed by atoms with van der Waals surface area (Å²) in [5, 5.41) is 3.16. The van der Waals surface area contributed by atoms with Gasteiger partial charge in [-0.05, 0) is 31.4 Å². The van der Waals surface area contributed by atoms with Crippen molar-refractivity contribution in [3.8, 4) is 0 Å².